The van der Waals surface area contributed by atoms with Crippen LogP contribution in [0.15, 0.2) is 182 Å². The van der Waals surface area contributed by atoms with Crippen LogP contribution >= 0.6 is 15.8 Å². The predicted molar refractivity (Wildman–Crippen MR) is 177 cm³/mol. The summed E-state index contributed by atoms with van der Waals surface area (Å²) in [6, 6.07) is 64.7. The van der Waals surface area contributed by atoms with Gasteiger partial charge in [0.25, 0.3) is 0 Å². The Morgan fingerprint density at radius 2 is 0.350 bits per heavy atom. The van der Waals surface area contributed by atoms with Crippen molar-refractivity contribution < 1.29 is 17.1 Å². The molecule has 0 unspecified atom stereocenters. The normalized spacial score (nSPS) is 10.1. The van der Waals surface area contributed by atoms with Crippen molar-refractivity contribution in [1.82, 2.24) is 0 Å². The molecule has 0 fully saturated rings. The van der Waals surface area contributed by atoms with Crippen molar-refractivity contribution in [3.05, 3.63) is 189 Å². The van der Waals surface area contributed by atoms with Crippen molar-refractivity contribution in [2.75, 3.05) is 0 Å². The molecular formula is C37H33CuP2. The minimum absolute atomic E-state index is 0. The van der Waals surface area contributed by atoms with Gasteiger partial charge < -0.3 is 7.43 Å². The van der Waals surface area contributed by atoms with E-state index in [1.165, 1.54) is 31.8 Å². The van der Waals surface area contributed by atoms with Gasteiger partial charge >= 0.3 is 17.1 Å². The van der Waals surface area contributed by atoms with Crippen molar-refractivity contribution in [3.63, 3.8) is 0 Å². The van der Waals surface area contributed by atoms with Crippen LogP contribution < -0.4 is 31.8 Å². The van der Waals surface area contributed by atoms with Gasteiger partial charge in [-0.05, 0) is 47.7 Å². The Morgan fingerprint density at radius 3 is 0.475 bits per heavy atom. The molecule has 6 aromatic rings. The molecule has 6 aromatic carbocycles. The van der Waals surface area contributed by atoms with Gasteiger partial charge in [-0.25, -0.2) is 0 Å². The van der Waals surface area contributed by atoms with E-state index in [9.17, 15) is 0 Å². The Balaban J connectivity index is 0.000000210. The summed E-state index contributed by atoms with van der Waals surface area (Å²) in [7, 11) is -0.892. The summed E-state index contributed by atoms with van der Waals surface area (Å²) >= 11 is 0. The molecule has 0 aliphatic rings. The fourth-order valence-corrected chi connectivity index (χ4v) is 8.97. The van der Waals surface area contributed by atoms with Gasteiger partial charge in [-0.15, -0.1) is 0 Å². The molecule has 0 heterocycles. The zero-order valence-electron chi connectivity index (χ0n) is 22.5. The third-order valence-corrected chi connectivity index (χ3v) is 11.0. The SMILES string of the molecule is [CH3-].[Cu+].c1ccc(P(c2ccccc2)c2ccccc2)cc1.c1ccc(P(c2ccccc2)c2ccccc2)cc1. The van der Waals surface area contributed by atoms with Gasteiger partial charge in [-0.2, -0.15) is 0 Å². The zero-order chi connectivity index (χ0) is 25.8. The van der Waals surface area contributed by atoms with Gasteiger partial charge in [-0.3, -0.25) is 0 Å². The summed E-state index contributed by atoms with van der Waals surface area (Å²) in [5.74, 6) is 0. The Bertz CT molecular complexity index is 1170. The molecule has 0 saturated carbocycles. The van der Waals surface area contributed by atoms with Crippen LogP contribution in [0.5, 0.6) is 0 Å². The maximum absolute atomic E-state index is 2.23. The molecule has 0 N–H and O–H groups in total. The first-order valence-corrected chi connectivity index (χ1v) is 15.5. The smallest absolute Gasteiger partial charge is 0.358 e. The minimum Gasteiger partial charge on any atom is -0.358 e. The predicted octanol–water partition coefficient (Wildman–Crippen LogP) is 7.34. The summed E-state index contributed by atoms with van der Waals surface area (Å²) < 4.78 is 0. The van der Waals surface area contributed by atoms with Gasteiger partial charge in [0, 0.05) is 0 Å². The average molecular weight is 603 g/mol. The molecule has 0 atom stereocenters. The van der Waals surface area contributed by atoms with Crippen LogP contribution in [0.2, 0.25) is 0 Å². The van der Waals surface area contributed by atoms with E-state index in [4.69, 9.17) is 0 Å². The van der Waals surface area contributed by atoms with Crippen molar-refractivity contribution >= 4 is 47.7 Å². The second kappa shape index (κ2) is 16.7. The number of hydrogen-bond donors (Lipinski definition) is 0. The maximum atomic E-state index is 2.23. The summed E-state index contributed by atoms with van der Waals surface area (Å²) in [5, 5.41) is 8.39. The standard InChI is InChI=1S/2C18H15P.CH3.Cu/c2*1-4-10-16(11-5-1)19(17-12-6-2-7-13-17)18-14-8-3-9-15-18;;/h2*1-15H;1H3;/q;;-1;+1. The molecule has 202 valence electrons. The van der Waals surface area contributed by atoms with Crippen LogP contribution in [0.4, 0.5) is 0 Å². The van der Waals surface area contributed by atoms with E-state index >= 15 is 0 Å². The summed E-state index contributed by atoms with van der Waals surface area (Å²) in [6.45, 7) is 0. The van der Waals surface area contributed by atoms with Crippen LogP contribution in [0.25, 0.3) is 0 Å². The molecule has 3 heteroatoms. The van der Waals surface area contributed by atoms with Gasteiger partial charge in [-0.1, -0.05) is 182 Å². The van der Waals surface area contributed by atoms with Gasteiger partial charge in [0.05, 0.1) is 0 Å². The van der Waals surface area contributed by atoms with E-state index in [1.807, 2.05) is 0 Å². The topological polar surface area (TPSA) is 0 Å². The largest absolute Gasteiger partial charge is 1.00 e. The molecular weight excluding hydrogens is 570 g/mol. The molecule has 0 aromatic heterocycles. The molecule has 0 aliphatic heterocycles. The Hall–Kier alpha value is -3.30. The zero-order valence-corrected chi connectivity index (χ0v) is 25.2. The average Bonchev–Trinajstić information content (AvgIpc) is 3.01. The van der Waals surface area contributed by atoms with Crippen molar-refractivity contribution in [2.45, 2.75) is 0 Å². The monoisotopic (exact) mass is 602 g/mol. The van der Waals surface area contributed by atoms with E-state index < -0.39 is 15.8 Å². The van der Waals surface area contributed by atoms with Crippen molar-refractivity contribution in [2.24, 2.45) is 0 Å². The Morgan fingerprint density at radius 1 is 0.225 bits per heavy atom. The van der Waals surface area contributed by atoms with Crippen LogP contribution in [0.1, 0.15) is 0 Å². The molecule has 40 heavy (non-hydrogen) atoms. The second-order valence-corrected chi connectivity index (χ2v) is 13.1. The van der Waals surface area contributed by atoms with Gasteiger partial charge in [0.15, 0.2) is 0 Å². The van der Waals surface area contributed by atoms with Crippen LogP contribution in [-0.4, -0.2) is 0 Å². The van der Waals surface area contributed by atoms with Gasteiger partial charge in [0.2, 0.25) is 0 Å². The molecule has 0 amide bonds. The molecule has 0 bridgehead atoms. The first-order valence-electron chi connectivity index (χ1n) is 12.8. The molecule has 0 aliphatic carbocycles. The number of benzene rings is 6. The Kier molecular flexibility index (Phi) is 13.1. The minimum atomic E-state index is -0.446. The Labute approximate surface area is 253 Å². The summed E-state index contributed by atoms with van der Waals surface area (Å²) in [6.07, 6.45) is 0. The summed E-state index contributed by atoms with van der Waals surface area (Å²) in [5.41, 5.74) is 0. The maximum Gasteiger partial charge on any atom is 1.00 e. The van der Waals surface area contributed by atoms with Crippen LogP contribution in [-0.2, 0) is 17.1 Å². The molecule has 0 saturated heterocycles. The fourth-order valence-electron chi connectivity index (χ4n) is 4.36. The summed E-state index contributed by atoms with van der Waals surface area (Å²) in [4.78, 5) is 0. The van der Waals surface area contributed by atoms with Crippen LogP contribution in [0.3, 0.4) is 0 Å². The van der Waals surface area contributed by atoms with E-state index in [2.05, 4.69) is 182 Å². The van der Waals surface area contributed by atoms with Crippen molar-refractivity contribution in [3.8, 4) is 0 Å². The molecule has 0 nitrogen and oxygen atoms in total. The fraction of sp³-hybridized carbons (Fsp3) is 0. The quantitative estimate of drug-likeness (QED) is 0.106. The third kappa shape index (κ3) is 8.35. The van der Waals surface area contributed by atoms with E-state index in [0.717, 1.165) is 0 Å². The molecule has 6 rings (SSSR count). The van der Waals surface area contributed by atoms with Gasteiger partial charge in [0.1, 0.15) is 0 Å². The van der Waals surface area contributed by atoms with E-state index in [1.54, 1.807) is 0 Å². The molecule has 0 radical (unpaired) electrons. The van der Waals surface area contributed by atoms with Crippen LogP contribution in [0, 0.1) is 7.43 Å². The van der Waals surface area contributed by atoms with E-state index in [-0.39, 0.29) is 24.5 Å². The first kappa shape index (κ1) is 31.2. The first-order chi connectivity index (χ1) is 18.9. The third-order valence-electron chi connectivity index (χ3n) is 6.09. The van der Waals surface area contributed by atoms with Crippen molar-refractivity contribution in [1.29, 1.82) is 0 Å². The van der Waals surface area contributed by atoms with E-state index in [0.29, 0.717) is 0 Å². The number of hydrogen-bond acceptors (Lipinski definition) is 0. The second-order valence-electron chi connectivity index (χ2n) is 8.68. The molecule has 0 spiro atoms. The number of rotatable bonds is 6.